The molecule has 72 valence electrons. The van der Waals surface area contributed by atoms with Crippen LogP contribution in [0.1, 0.15) is 0 Å². The van der Waals surface area contributed by atoms with Gasteiger partial charge in [0.2, 0.25) is 5.91 Å². The molecule has 0 fully saturated rings. The lowest BCUT2D eigenvalue weighted by Gasteiger charge is -2.01. The molecule has 5 heteroatoms. The van der Waals surface area contributed by atoms with Crippen LogP contribution in [0.4, 0.5) is 5.69 Å². The summed E-state index contributed by atoms with van der Waals surface area (Å²) in [5, 5.41) is 3.71. The highest BCUT2D eigenvalue weighted by Crippen LogP contribution is 2.21. The first-order chi connectivity index (χ1) is 6.79. The molecule has 2 aromatic rings. The van der Waals surface area contributed by atoms with Crippen LogP contribution in [-0.4, -0.2) is 16.2 Å². The zero-order chi connectivity index (χ0) is 9.97. The van der Waals surface area contributed by atoms with Crippen molar-refractivity contribution in [2.24, 2.45) is 0 Å². The summed E-state index contributed by atoms with van der Waals surface area (Å²) in [5.41, 5.74) is 0.753. The molecule has 0 aliphatic heterocycles. The van der Waals surface area contributed by atoms with Crippen molar-refractivity contribution in [1.29, 1.82) is 0 Å². The van der Waals surface area contributed by atoms with Crippen LogP contribution in [0.25, 0.3) is 10.1 Å². The van der Waals surface area contributed by atoms with Crippen molar-refractivity contribution >= 4 is 44.8 Å². The number of hydrogen-bond acceptors (Lipinski definition) is 3. The van der Waals surface area contributed by atoms with E-state index in [4.69, 9.17) is 11.6 Å². The third kappa shape index (κ3) is 1.86. The number of nitrogens with zero attached hydrogens (tertiary/aromatic N) is 1. The minimum absolute atomic E-state index is 0.0279. The van der Waals surface area contributed by atoms with Gasteiger partial charge in [-0.25, -0.2) is 0 Å². The molecule has 0 aliphatic carbocycles. The summed E-state index contributed by atoms with van der Waals surface area (Å²) in [6.45, 7) is 0. The van der Waals surface area contributed by atoms with Crippen LogP contribution in [0, 0.1) is 0 Å². The minimum Gasteiger partial charge on any atom is -0.325 e. The number of alkyl halides is 1. The fourth-order valence-corrected chi connectivity index (χ4v) is 1.84. The lowest BCUT2D eigenvalue weighted by Crippen LogP contribution is -2.12. The second kappa shape index (κ2) is 3.94. The third-order valence-corrected chi connectivity index (χ3v) is 2.78. The van der Waals surface area contributed by atoms with Crippen molar-refractivity contribution in [1.82, 2.24) is 4.37 Å². The van der Waals surface area contributed by atoms with E-state index in [9.17, 15) is 4.79 Å². The molecule has 1 aromatic carbocycles. The number of rotatable bonds is 2. The van der Waals surface area contributed by atoms with Crippen LogP contribution >= 0.6 is 23.1 Å². The van der Waals surface area contributed by atoms with E-state index in [1.807, 2.05) is 18.2 Å². The van der Waals surface area contributed by atoms with Gasteiger partial charge in [0, 0.05) is 17.3 Å². The standard InChI is InChI=1S/C9H7ClN2OS/c10-4-9(13)12-7-1-2-8-6(3-7)5-11-14-8/h1-3,5H,4H2,(H,12,13). The summed E-state index contributed by atoms with van der Waals surface area (Å²) in [7, 11) is 0. The van der Waals surface area contributed by atoms with Gasteiger partial charge in [0.05, 0.1) is 4.70 Å². The molecule has 0 radical (unpaired) electrons. The van der Waals surface area contributed by atoms with Crippen LogP contribution in [0.3, 0.4) is 0 Å². The number of halogens is 1. The number of nitrogens with one attached hydrogen (secondary N) is 1. The summed E-state index contributed by atoms with van der Waals surface area (Å²) >= 11 is 6.81. The fourth-order valence-electron chi connectivity index (χ4n) is 1.14. The van der Waals surface area contributed by atoms with Crippen molar-refractivity contribution in [2.75, 3.05) is 11.2 Å². The SMILES string of the molecule is O=C(CCl)Nc1ccc2sncc2c1. The van der Waals surface area contributed by atoms with Gasteiger partial charge in [-0.05, 0) is 29.7 Å². The summed E-state index contributed by atoms with van der Waals surface area (Å²) in [5.74, 6) is -0.228. The Morgan fingerprint density at radius 3 is 3.21 bits per heavy atom. The van der Waals surface area contributed by atoms with Gasteiger partial charge in [-0.15, -0.1) is 11.6 Å². The Bertz CT molecular complexity index is 469. The molecule has 0 saturated heterocycles. The number of fused-ring (bicyclic) bond motifs is 1. The number of benzene rings is 1. The number of carbonyl (C=O) groups excluding carboxylic acids is 1. The van der Waals surface area contributed by atoms with E-state index in [0.29, 0.717) is 0 Å². The van der Waals surface area contributed by atoms with Gasteiger partial charge in [0.25, 0.3) is 0 Å². The zero-order valence-corrected chi connectivity index (χ0v) is 8.73. The molecule has 1 heterocycles. The molecule has 2 rings (SSSR count). The maximum absolute atomic E-state index is 11.0. The minimum atomic E-state index is -0.200. The first-order valence-electron chi connectivity index (χ1n) is 4.00. The van der Waals surface area contributed by atoms with E-state index >= 15 is 0 Å². The molecule has 1 amide bonds. The van der Waals surface area contributed by atoms with Crippen LogP contribution in [0.15, 0.2) is 24.4 Å². The van der Waals surface area contributed by atoms with Gasteiger partial charge in [-0.1, -0.05) is 0 Å². The normalized spacial score (nSPS) is 10.4. The monoisotopic (exact) mass is 226 g/mol. The van der Waals surface area contributed by atoms with Gasteiger partial charge in [0.15, 0.2) is 0 Å². The van der Waals surface area contributed by atoms with Gasteiger partial charge >= 0.3 is 0 Å². The maximum Gasteiger partial charge on any atom is 0.239 e. The Hall–Kier alpha value is -1.13. The Morgan fingerprint density at radius 1 is 1.57 bits per heavy atom. The largest absolute Gasteiger partial charge is 0.325 e. The number of aromatic nitrogens is 1. The first kappa shape index (κ1) is 9.43. The van der Waals surface area contributed by atoms with Crippen molar-refractivity contribution in [3.63, 3.8) is 0 Å². The highest BCUT2D eigenvalue weighted by molar-refractivity contribution is 7.13. The van der Waals surface area contributed by atoms with Crippen LogP contribution in [-0.2, 0) is 4.79 Å². The molecule has 0 saturated carbocycles. The highest BCUT2D eigenvalue weighted by atomic mass is 35.5. The lowest BCUT2D eigenvalue weighted by atomic mass is 10.2. The van der Waals surface area contributed by atoms with Crippen LogP contribution in [0.5, 0.6) is 0 Å². The second-order valence-electron chi connectivity index (χ2n) is 2.76. The molecule has 1 aromatic heterocycles. The smallest absolute Gasteiger partial charge is 0.239 e. The number of anilines is 1. The van der Waals surface area contributed by atoms with Crippen molar-refractivity contribution in [3.05, 3.63) is 24.4 Å². The summed E-state index contributed by atoms with van der Waals surface area (Å²) in [6, 6.07) is 5.64. The van der Waals surface area contributed by atoms with Crippen molar-refractivity contribution < 1.29 is 4.79 Å². The van der Waals surface area contributed by atoms with E-state index in [-0.39, 0.29) is 11.8 Å². The molecule has 0 aliphatic rings. The summed E-state index contributed by atoms with van der Waals surface area (Å²) < 4.78 is 5.15. The van der Waals surface area contributed by atoms with Crippen molar-refractivity contribution in [3.8, 4) is 0 Å². The topological polar surface area (TPSA) is 42.0 Å². The zero-order valence-electron chi connectivity index (χ0n) is 7.16. The Balaban J connectivity index is 2.30. The summed E-state index contributed by atoms with van der Waals surface area (Å²) in [6.07, 6.45) is 1.77. The molecule has 0 unspecified atom stereocenters. The maximum atomic E-state index is 11.0. The van der Waals surface area contributed by atoms with E-state index < -0.39 is 0 Å². The molecule has 3 nitrogen and oxygen atoms in total. The van der Waals surface area contributed by atoms with E-state index in [1.54, 1.807) is 6.20 Å². The average Bonchev–Trinajstić information content (AvgIpc) is 2.64. The second-order valence-corrected chi connectivity index (χ2v) is 3.86. The Kier molecular flexibility index (Phi) is 2.65. The van der Waals surface area contributed by atoms with Crippen molar-refractivity contribution in [2.45, 2.75) is 0 Å². The Morgan fingerprint density at radius 2 is 2.43 bits per heavy atom. The van der Waals surface area contributed by atoms with Crippen LogP contribution < -0.4 is 5.32 Å². The van der Waals surface area contributed by atoms with Crippen LogP contribution in [0.2, 0.25) is 0 Å². The highest BCUT2D eigenvalue weighted by Gasteiger charge is 2.01. The molecule has 1 N–H and O–H groups in total. The van der Waals surface area contributed by atoms with Gasteiger partial charge in [0.1, 0.15) is 5.88 Å². The molecule has 14 heavy (non-hydrogen) atoms. The number of amides is 1. The first-order valence-corrected chi connectivity index (χ1v) is 5.30. The predicted molar refractivity (Wildman–Crippen MR) is 59.0 cm³/mol. The molecular weight excluding hydrogens is 220 g/mol. The van der Waals surface area contributed by atoms with E-state index in [2.05, 4.69) is 9.69 Å². The lowest BCUT2D eigenvalue weighted by molar-refractivity contribution is -0.113. The van der Waals surface area contributed by atoms with E-state index in [1.165, 1.54) is 11.5 Å². The third-order valence-electron chi connectivity index (χ3n) is 1.76. The fraction of sp³-hybridized carbons (Fsp3) is 0.111. The number of carbonyl (C=O) groups is 1. The molecular formula is C9H7ClN2OS. The van der Waals surface area contributed by atoms with Gasteiger partial charge in [-0.3, -0.25) is 4.79 Å². The average molecular weight is 227 g/mol. The van der Waals surface area contributed by atoms with Gasteiger partial charge in [-0.2, -0.15) is 4.37 Å². The number of hydrogen-bond donors (Lipinski definition) is 1. The predicted octanol–water partition coefficient (Wildman–Crippen LogP) is 2.47. The molecule has 0 spiro atoms. The molecule has 0 bridgehead atoms. The quantitative estimate of drug-likeness (QED) is 0.800. The molecule has 0 atom stereocenters. The van der Waals surface area contributed by atoms with E-state index in [0.717, 1.165) is 15.8 Å². The van der Waals surface area contributed by atoms with Gasteiger partial charge < -0.3 is 5.32 Å². The summed E-state index contributed by atoms with van der Waals surface area (Å²) in [4.78, 5) is 11.0. The Labute approximate surface area is 89.9 Å².